The number of rotatable bonds is 9. The molecule has 11 heterocycles. The first-order valence-corrected chi connectivity index (χ1v) is 35.4. The highest BCUT2D eigenvalue weighted by Gasteiger charge is 2.57. The van der Waals surface area contributed by atoms with Gasteiger partial charge in [0.15, 0.2) is 10.1 Å². The normalized spacial score (nSPS) is 20.4. The van der Waals surface area contributed by atoms with Gasteiger partial charge in [0.05, 0.1) is 30.5 Å². The molecule has 3 N–H and O–H groups in total. The molecule has 0 bridgehead atoms. The van der Waals surface area contributed by atoms with E-state index < -0.39 is 61.9 Å². The molecule has 0 unspecified atom stereocenters. The van der Waals surface area contributed by atoms with E-state index in [1.54, 1.807) is 48.9 Å². The zero-order valence-electron chi connectivity index (χ0n) is 48.6. The van der Waals surface area contributed by atoms with Gasteiger partial charge in [-0.3, -0.25) is 4.18 Å². The summed E-state index contributed by atoms with van der Waals surface area (Å²) in [6.45, 7) is 8.90. The fourth-order valence-electron chi connectivity index (χ4n) is 10.6. The van der Waals surface area contributed by atoms with Crippen LogP contribution in [0.1, 0.15) is 83.5 Å². The average Bonchev–Trinajstić information content (AvgIpc) is 1.72. The quantitative estimate of drug-likeness (QED) is 0.0615. The van der Waals surface area contributed by atoms with E-state index in [1.807, 2.05) is 25.5 Å². The van der Waals surface area contributed by atoms with Gasteiger partial charge in [-0.15, -0.1) is 3.97 Å². The van der Waals surface area contributed by atoms with Gasteiger partial charge in [0.2, 0.25) is 0 Å². The van der Waals surface area contributed by atoms with Crippen LogP contribution in [-0.2, 0) is 62.1 Å². The molecule has 29 nitrogen and oxygen atoms in total. The molecule has 89 heavy (non-hydrogen) atoms. The van der Waals surface area contributed by atoms with Gasteiger partial charge in [-0.05, 0) is 76.3 Å². The summed E-state index contributed by atoms with van der Waals surface area (Å²) in [4.78, 5) is 32.1. The van der Waals surface area contributed by atoms with Crippen LogP contribution >= 0.6 is 0 Å². The molecule has 0 atom stereocenters. The summed E-state index contributed by atoms with van der Waals surface area (Å²) in [5.41, 5.74) is -9.08. The van der Waals surface area contributed by atoms with Crippen molar-refractivity contribution in [3.8, 4) is 0 Å². The van der Waals surface area contributed by atoms with Gasteiger partial charge in [-0.2, -0.15) is 77.2 Å². The van der Waals surface area contributed by atoms with Gasteiger partial charge in [-0.25, -0.2) is 41.9 Å². The van der Waals surface area contributed by atoms with Crippen LogP contribution in [0.15, 0.2) is 74.6 Å². The zero-order chi connectivity index (χ0) is 64.7. The summed E-state index contributed by atoms with van der Waals surface area (Å²) in [5, 5.41) is 5.74. The van der Waals surface area contributed by atoms with E-state index in [0.29, 0.717) is 71.6 Å². The van der Waals surface area contributed by atoms with Crippen molar-refractivity contribution in [2.75, 3.05) is 95.4 Å². The number of anilines is 2. The maximum atomic E-state index is 13.2. The first-order chi connectivity index (χ1) is 41.8. The summed E-state index contributed by atoms with van der Waals surface area (Å²) in [5.74, 6) is 1.97. The predicted octanol–water partition coefficient (Wildman–Crippen LogP) is 3.13. The summed E-state index contributed by atoms with van der Waals surface area (Å²) in [7, 11) is -19.2. The lowest BCUT2D eigenvalue weighted by Crippen LogP contribution is -2.60. The van der Waals surface area contributed by atoms with Gasteiger partial charge in [-0.1, -0.05) is 19.3 Å². The van der Waals surface area contributed by atoms with Crippen molar-refractivity contribution in [2.24, 2.45) is 7.05 Å². The first kappa shape index (κ1) is 69.2. The van der Waals surface area contributed by atoms with Crippen LogP contribution in [0, 0.1) is 0 Å². The fourth-order valence-corrected chi connectivity index (χ4v) is 15.7. The van der Waals surface area contributed by atoms with E-state index in [9.17, 15) is 60.0 Å². The third-order valence-electron chi connectivity index (χ3n) is 15.7. The number of imidazole rings is 2. The molecule has 6 aromatic rings. The van der Waals surface area contributed by atoms with Crippen LogP contribution in [0.3, 0.4) is 0 Å². The minimum atomic E-state index is -6.09. The lowest BCUT2D eigenvalue weighted by Gasteiger charge is -2.44. The van der Waals surface area contributed by atoms with E-state index in [0.717, 1.165) is 124 Å². The second-order valence-electron chi connectivity index (χ2n) is 21.9. The molecule has 2 saturated carbocycles. The van der Waals surface area contributed by atoms with Crippen LogP contribution < -0.4 is 19.7 Å². The van der Waals surface area contributed by atoms with Crippen molar-refractivity contribution in [1.29, 1.82) is 0 Å². The molecule has 6 aromatic heterocycles. The number of fused-ring (bicyclic) bond motifs is 2. The number of aromatic nitrogens is 10. The number of hydrogen-bond acceptors (Lipinski definition) is 20. The Labute approximate surface area is 511 Å². The summed E-state index contributed by atoms with van der Waals surface area (Å²) >= 11 is 0. The van der Waals surface area contributed by atoms with Crippen LogP contribution in [0.2, 0.25) is 0 Å². The third-order valence-corrected chi connectivity index (χ3v) is 22.9. The molecule has 0 amide bonds. The van der Waals surface area contributed by atoms with Crippen LogP contribution in [-0.4, -0.2) is 214 Å². The maximum absolute atomic E-state index is 13.2. The van der Waals surface area contributed by atoms with Crippen molar-refractivity contribution in [3.05, 3.63) is 74.6 Å². The maximum Gasteiger partial charge on any atom is 0.523 e. The Kier molecular flexibility index (Phi) is 21.8. The van der Waals surface area contributed by atoms with E-state index in [1.165, 1.54) is 43.8 Å². The van der Waals surface area contributed by atoms with E-state index in [2.05, 4.69) is 60.3 Å². The minimum absolute atomic E-state index is 0.262. The number of nitrogens with one attached hydrogen (secondary N) is 3. The van der Waals surface area contributed by atoms with Gasteiger partial charge in [0.25, 0.3) is 16.5 Å². The Morgan fingerprint density at radius 2 is 1.06 bits per heavy atom. The largest absolute Gasteiger partial charge is 0.741 e. The van der Waals surface area contributed by atoms with Crippen molar-refractivity contribution in [3.63, 3.8) is 0 Å². The molecule has 2 spiro atoms. The van der Waals surface area contributed by atoms with Crippen LogP contribution in [0.5, 0.6) is 0 Å². The second-order valence-corrected chi connectivity index (χ2v) is 30.5. The number of halogens is 6. The topological polar surface area (TPSA) is 344 Å². The van der Waals surface area contributed by atoms with Crippen molar-refractivity contribution >= 4 is 84.6 Å². The molecule has 40 heteroatoms. The van der Waals surface area contributed by atoms with Gasteiger partial charge < -0.3 is 29.6 Å². The van der Waals surface area contributed by atoms with E-state index >= 15 is 0 Å². The van der Waals surface area contributed by atoms with Crippen molar-refractivity contribution in [1.82, 2.24) is 65.4 Å². The smallest absolute Gasteiger partial charge is 0.523 e. The van der Waals surface area contributed by atoms with Gasteiger partial charge in [0, 0.05) is 109 Å². The predicted molar refractivity (Wildman–Crippen MR) is 310 cm³/mol. The molecular formula is C49H71F6N17O12S5. The second kappa shape index (κ2) is 28.0. The molecular weight excluding hydrogens is 1290 g/mol. The van der Waals surface area contributed by atoms with Crippen LogP contribution in [0.4, 0.5) is 38.0 Å². The number of piperazine rings is 2. The Balaban J connectivity index is 0.000000145. The SMILES string of the molecule is COS(=O)(=O)C(F)(F)F.C[n+]1ccn(S(=O)(=O)N2CCCCC2)c1.O=S(=O)(N1CCCCC1)N1CCN(c2ncnc3[nH]ccc23)CC12CC2.O=S(=O)(N1CCCCC1)n1ccnc1.O=S(=O)([O-])C(F)(F)F.c1nc(N2CCNC3(CC3)C2)c2cc[nH]c2n1. The van der Waals surface area contributed by atoms with E-state index in [-0.39, 0.29) is 5.54 Å². The van der Waals surface area contributed by atoms with E-state index in [4.69, 9.17) is 13.0 Å². The molecule has 13 rings (SSSR count). The number of alkyl halides is 6. The number of nitrogens with zero attached hydrogens (tertiary/aromatic N) is 14. The Morgan fingerprint density at radius 1 is 0.584 bits per heavy atom. The molecule has 5 saturated heterocycles. The minimum Gasteiger partial charge on any atom is -0.741 e. The molecule has 2 aliphatic carbocycles. The zero-order valence-corrected chi connectivity index (χ0v) is 52.7. The van der Waals surface area contributed by atoms with Crippen molar-refractivity contribution < 1.29 is 81.7 Å². The summed E-state index contributed by atoms with van der Waals surface area (Å²) in [6.07, 6.45) is 29.8. The number of aryl methyl sites for hydroxylation is 1. The highest BCUT2D eigenvalue weighted by Crippen LogP contribution is 2.47. The number of hydrogen-bond donors (Lipinski definition) is 3. The van der Waals surface area contributed by atoms with Gasteiger partial charge in [0.1, 0.15) is 54.3 Å². The lowest BCUT2D eigenvalue weighted by molar-refractivity contribution is -0.670. The Bertz CT molecular complexity index is 3890. The summed E-state index contributed by atoms with van der Waals surface area (Å²) in [6, 6.07) is 4.05. The summed E-state index contributed by atoms with van der Waals surface area (Å²) < 4.78 is 200. The number of H-pyrrole nitrogens is 2. The third kappa shape index (κ3) is 16.9. The fraction of sp³-hybridized carbons (Fsp3) is 0.633. The van der Waals surface area contributed by atoms with Gasteiger partial charge >= 0.3 is 41.6 Å². The van der Waals surface area contributed by atoms with Crippen molar-refractivity contribution in [2.45, 2.75) is 106 Å². The molecule has 496 valence electrons. The first-order valence-electron chi connectivity index (χ1n) is 28.3. The Morgan fingerprint density at radius 3 is 1.45 bits per heavy atom. The monoisotopic (exact) mass is 1360 g/mol. The highest BCUT2D eigenvalue weighted by atomic mass is 32.2. The number of piperidine rings is 3. The molecule has 0 radical (unpaired) electrons. The Hall–Kier alpha value is -5.69. The average molecular weight is 1360 g/mol. The number of aromatic amines is 2. The molecule has 5 aliphatic heterocycles. The lowest BCUT2D eigenvalue weighted by atomic mass is 10.2. The standard InChI is InChI=1S/C17H24N6O2S.C12H15N5.C9H16N3O2S.C8H13N3O2S.C2H3F3O3S.CHF3O3S/c24-26(25,22-8-2-1-3-9-22)23-11-10-21(12-17(23)5-6-17)16-14-4-7-18-15(14)19-13-20-16;1-4-13-10-9(1)11(15-8-14-10)17-6-5-16-12(7-17)2-3-12;1-10-7-8-12(9-10)15(13,14)11-5-3-2-4-6-11;12-14(13,11-7-4-9-8-11)10-5-2-1-3-6-10;1-8-9(6,7)2(3,4)5;2-1(3,4)8(5,6)7/h4,7,13H,1-3,5-6,8-12H2,(H,18,19,20);1,4,8,16H,2-3,5-7H2,(H,13,14,15);7-9H,2-6H2,1H3;4,7-8H,1-3,5-6H2;1H3;(H,5,6,7)/q;;+1;;;/p-1. The molecule has 7 fully saturated rings. The molecule has 7 aliphatic rings. The highest BCUT2D eigenvalue weighted by molar-refractivity contribution is 7.88. The van der Waals surface area contributed by atoms with Crippen LogP contribution in [0.25, 0.3) is 22.1 Å². The molecule has 0 aromatic carbocycles.